The molecule has 0 saturated heterocycles. The van der Waals surface area contributed by atoms with Crippen molar-refractivity contribution in [3.63, 3.8) is 0 Å². The highest BCUT2D eigenvalue weighted by atomic mass is 35.5. The number of nitrogens with two attached hydrogens (primary N) is 1. The van der Waals surface area contributed by atoms with Crippen LogP contribution in [0.4, 0.5) is 0 Å². The molecule has 0 aliphatic heterocycles. The molecule has 0 radical (unpaired) electrons. The van der Waals surface area contributed by atoms with E-state index < -0.39 is 0 Å². The molecular formula is C8H9ClN2. The minimum Gasteiger partial charge on any atom is -0.326 e. The molecule has 1 rings (SSSR count). The molecule has 0 aromatic carbocycles. The molecule has 2 nitrogen and oxygen atoms in total. The van der Waals surface area contributed by atoms with Crippen molar-refractivity contribution in [2.75, 3.05) is 6.54 Å². The van der Waals surface area contributed by atoms with Gasteiger partial charge in [0.15, 0.2) is 0 Å². The van der Waals surface area contributed by atoms with Gasteiger partial charge in [0.05, 0.1) is 0 Å². The maximum atomic E-state index is 5.77. The lowest BCUT2D eigenvalue weighted by molar-refractivity contribution is 1.24. The fourth-order valence-electron chi connectivity index (χ4n) is 0.760. The van der Waals surface area contributed by atoms with Crippen LogP contribution < -0.4 is 5.73 Å². The summed E-state index contributed by atoms with van der Waals surface area (Å²) in [6, 6.07) is 3.66. The Morgan fingerprint density at radius 3 is 3.00 bits per heavy atom. The zero-order valence-corrected chi connectivity index (χ0v) is 6.80. The van der Waals surface area contributed by atoms with Gasteiger partial charge in [-0.3, -0.25) is 0 Å². The Bertz CT molecular complexity index is 271. The molecule has 1 aromatic heterocycles. The first-order chi connectivity index (χ1) is 5.25. The first-order valence-electron chi connectivity index (χ1n) is 3.24. The zero-order chi connectivity index (χ0) is 8.27. The summed E-state index contributed by atoms with van der Waals surface area (Å²) in [5, 5.41) is 0.461. The Morgan fingerprint density at radius 1 is 1.73 bits per heavy atom. The van der Waals surface area contributed by atoms with Crippen LogP contribution in [0, 0.1) is 0 Å². The van der Waals surface area contributed by atoms with Gasteiger partial charge in [-0.2, -0.15) is 0 Å². The Morgan fingerprint density at radius 2 is 2.45 bits per heavy atom. The topological polar surface area (TPSA) is 38.9 Å². The third kappa shape index (κ3) is 1.79. The van der Waals surface area contributed by atoms with E-state index >= 15 is 0 Å². The van der Waals surface area contributed by atoms with Crippen LogP contribution in [-0.2, 0) is 0 Å². The minimum absolute atomic E-state index is 0.408. The molecule has 0 spiro atoms. The molecule has 0 atom stereocenters. The van der Waals surface area contributed by atoms with Crippen molar-refractivity contribution < 1.29 is 0 Å². The average Bonchev–Trinajstić information content (AvgIpc) is 2.04. The summed E-state index contributed by atoms with van der Waals surface area (Å²) in [5.41, 5.74) is 7.03. The molecule has 58 valence electrons. The molecule has 1 aromatic rings. The number of halogens is 1. The van der Waals surface area contributed by atoms with Crippen molar-refractivity contribution in [3.05, 3.63) is 35.6 Å². The Hall–Kier alpha value is -0.860. The van der Waals surface area contributed by atoms with Gasteiger partial charge in [0.1, 0.15) is 5.15 Å². The summed E-state index contributed by atoms with van der Waals surface area (Å²) in [5.74, 6) is 0. The Labute approximate surface area is 70.7 Å². The van der Waals surface area contributed by atoms with E-state index in [-0.39, 0.29) is 0 Å². The SMILES string of the molecule is C=C(CN)c1cccnc1Cl. The average molecular weight is 169 g/mol. The second-order valence-corrected chi connectivity index (χ2v) is 2.51. The lowest BCUT2D eigenvalue weighted by Crippen LogP contribution is -2.01. The standard InChI is InChI=1S/C8H9ClN2/c1-6(5-10)7-3-2-4-11-8(7)9/h2-4H,1,5,10H2. The predicted octanol–water partition coefficient (Wildman–Crippen LogP) is 1.71. The van der Waals surface area contributed by atoms with E-state index in [4.69, 9.17) is 17.3 Å². The highest BCUT2D eigenvalue weighted by Gasteiger charge is 2.01. The molecule has 0 unspecified atom stereocenters. The van der Waals surface area contributed by atoms with Gasteiger partial charge in [0.2, 0.25) is 0 Å². The third-order valence-electron chi connectivity index (χ3n) is 1.39. The third-order valence-corrected chi connectivity index (χ3v) is 1.69. The quantitative estimate of drug-likeness (QED) is 0.683. The van der Waals surface area contributed by atoms with Crippen LogP contribution in [0.1, 0.15) is 5.56 Å². The number of rotatable bonds is 2. The number of nitrogens with zero attached hydrogens (tertiary/aromatic N) is 1. The first-order valence-corrected chi connectivity index (χ1v) is 3.62. The molecule has 0 aliphatic carbocycles. The van der Waals surface area contributed by atoms with Gasteiger partial charge in [-0.25, -0.2) is 4.98 Å². The van der Waals surface area contributed by atoms with Gasteiger partial charge in [-0.1, -0.05) is 24.2 Å². The fraction of sp³-hybridized carbons (Fsp3) is 0.125. The van der Waals surface area contributed by atoms with Crippen molar-refractivity contribution in [2.24, 2.45) is 5.73 Å². The van der Waals surface area contributed by atoms with E-state index in [1.54, 1.807) is 6.20 Å². The maximum Gasteiger partial charge on any atom is 0.136 e. The maximum absolute atomic E-state index is 5.77. The highest BCUT2D eigenvalue weighted by Crippen LogP contribution is 2.18. The largest absolute Gasteiger partial charge is 0.326 e. The lowest BCUT2D eigenvalue weighted by Gasteiger charge is -2.02. The molecule has 0 aliphatic rings. The van der Waals surface area contributed by atoms with Crippen molar-refractivity contribution in [1.82, 2.24) is 4.98 Å². The second-order valence-electron chi connectivity index (χ2n) is 2.15. The van der Waals surface area contributed by atoms with Crippen molar-refractivity contribution in [2.45, 2.75) is 0 Å². The molecule has 0 saturated carbocycles. The van der Waals surface area contributed by atoms with Crippen LogP contribution in [0.2, 0.25) is 5.15 Å². The smallest absolute Gasteiger partial charge is 0.136 e. The van der Waals surface area contributed by atoms with Gasteiger partial charge in [0.25, 0.3) is 0 Å². The number of hydrogen-bond acceptors (Lipinski definition) is 2. The first kappa shape index (κ1) is 8.24. The monoisotopic (exact) mass is 168 g/mol. The molecule has 2 N–H and O–H groups in total. The van der Waals surface area contributed by atoms with Crippen molar-refractivity contribution in [1.29, 1.82) is 0 Å². The predicted molar refractivity (Wildman–Crippen MR) is 47.3 cm³/mol. The lowest BCUT2D eigenvalue weighted by atomic mass is 10.1. The van der Waals surface area contributed by atoms with Gasteiger partial charge in [-0.05, 0) is 11.6 Å². The van der Waals surface area contributed by atoms with E-state index in [0.29, 0.717) is 11.7 Å². The van der Waals surface area contributed by atoms with E-state index in [1.165, 1.54) is 0 Å². The molecular weight excluding hydrogens is 160 g/mol. The van der Waals surface area contributed by atoms with Crippen LogP contribution in [0.5, 0.6) is 0 Å². The highest BCUT2D eigenvalue weighted by molar-refractivity contribution is 6.31. The molecule has 1 heterocycles. The summed E-state index contributed by atoms with van der Waals surface area (Å²) < 4.78 is 0. The van der Waals surface area contributed by atoms with E-state index in [1.807, 2.05) is 12.1 Å². The van der Waals surface area contributed by atoms with Gasteiger partial charge in [-0.15, -0.1) is 0 Å². The molecule has 3 heteroatoms. The molecule has 11 heavy (non-hydrogen) atoms. The van der Waals surface area contributed by atoms with Crippen molar-refractivity contribution in [3.8, 4) is 0 Å². The van der Waals surface area contributed by atoms with E-state index in [0.717, 1.165) is 11.1 Å². The van der Waals surface area contributed by atoms with Crippen LogP contribution >= 0.6 is 11.6 Å². The van der Waals surface area contributed by atoms with Crippen LogP contribution in [0.3, 0.4) is 0 Å². The van der Waals surface area contributed by atoms with Crippen LogP contribution in [-0.4, -0.2) is 11.5 Å². The molecule has 0 bridgehead atoms. The summed E-state index contributed by atoms with van der Waals surface area (Å²) in [6.07, 6.45) is 1.63. The summed E-state index contributed by atoms with van der Waals surface area (Å²) >= 11 is 5.77. The minimum atomic E-state index is 0.408. The van der Waals surface area contributed by atoms with Gasteiger partial charge in [0, 0.05) is 18.3 Å². The summed E-state index contributed by atoms with van der Waals surface area (Å²) in [6.45, 7) is 4.16. The number of aromatic nitrogens is 1. The zero-order valence-electron chi connectivity index (χ0n) is 6.05. The molecule has 0 fully saturated rings. The van der Waals surface area contributed by atoms with Crippen LogP contribution in [0.25, 0.3) is 5.57 Å². The normalized spacial score (nSPS) is 9.64. The molecule has 0 amide bonds. The van der Waals surface area contributed by atoms with Crippen molar-refractivity contribution >= 4 is 17.2 Å². The number of hydrogen-bond donors (Lipinski definition) is 1. The summed E-state index contributed by atoms with van der Waals surface area (Å²) in [4.78, 5) is 3.90. The summed E-state index contributed by atoms with van der Waals surface area (Å²) in [7, 11) is 0. The van der Waals surface area contributed by atoms with E-state index in [2.05, 4.69) is 11.6 Å². The van der Waals surface area contributed by atoms with Gasteiger partial charge >= 0.3 is 0 Å². The number of pyridine rings is 1. The fourth-order valence-corrected chi connectivity index (χ4v) is 1.01. The van der Waals surface area contributed by atoms with Crippen LogP contribution in [0.15, 0.2) is 24.9 Å². The Kier molecular flexibility index (Phi) is 2.63. The second kappa shape index (κ2) is 3.51. The Balaban J connectivity index is 3.03. The van der Waals surface area contributed by atoms with E-state index in [9.17, 15) is 0 Å². The van der Waals surface area contributed by atoms with Gasteiger partial charge < -0.3 is 5.73 Å².